The molecule has 0 unspecified atom stereocenters. The van der Waals surface area contributed by atoms with E-state index in [-0.39, 0.29) is 11.4 Å². The Hall–Kier alpha value is -1.86. The fourth-order valence-electron chi connectivity index (χ4n) is 1.88. The van der Waals surface area contributed by atoms with E-state index in [0.29, 0.717) is 5.69 Å². The number of para-hydroxylation sites is 1. The summed E-state index contributed by atoms with van der Waals surface area (Å²) in [7, 11) is -0.0411. The van der Waals surface area contributed by atoms with E-state index in [1.165, 1.54) is 0 Å². The van der Waals surface area contributed by atoms with Gasteiger partial charge in [-0.3, -0.25) is 4.68 Å². The standard InChI is InChI=1S/C13H18N4O2S/c1-10-11(8-15-17(10)3)9-16-20(18,19)13-7-5-4-6-12(13)14-2/h4-8,14,16H,9H2,1-3H3. The minimum atomic E-state index is -3.56. The smallest absolute Gasteiger partial charge is 0.242 e. The minimum Gasteiger partial charge on any atom is -0.387 e. The molecule has 6 nitrogen and oxygen atoms in total. The summed E-state index contributed by atoms with van der Waals surface area (Å²) >= 11 is 0. The first-order valence-corrected chi connectivity index (χ1v) is 7.68. The highest BCUT2D eigenvalue weighted by Crippen LogP contribution is 2.20. The maximum absolute atomic E-state index is 12.3. The van der Waals surface area contributed by atoms with Gasteiger partial charge in [-0.25, -0.2) is 13.1 Å². The van der Waals surface area contributed by atoms with Crippen LogP contribution in [0.2, 0.25) is 0 Å². The lowest BCUT2D eigenvalue weighted by Crippen LogP contribution is -2.24. The first-order chi connectivity index (χ1) is 9.45. The number of aromatic nitrogens is 2. The molecule has 0 amide bonds. The van der Waals surface area contributed by atoms with Crippen LogP contribution in [0.25, 0.3) is 0 Å². The third-order valence-corrected chi connectivity index (χ3v) is 4.69. The molecule has 0 saturated heterocycles. The number of nitrogens with one attached hydrogen (secondary N) is 2. The first kappa shape index (κ1) is 14.5. The topological polar surface area (TPSA) is 76.0 Å². The summed E-state index contributed by atoms with van der Waals surface area (Å²) < 4.78 is 29.0. The zero-order valence-electron chi connectivity index (χ0n) is 11.7. The van der Waals surface area contributed by atoms with Crippen molar-refractivity contribution in [1.82, 2.24) is 14.5 Å². The van der Waals surface area contributed by atoms with E-state index >= 15 is 0 Å². The summed E-state index contributed by atoms with van der Waals surface area (Å²) in [6.07, 6.45) is 1.67. The molecule has 0 bridgehead atoms. The third-order valence-electron chi connectivity index (χ3n) is 3.24. The van der Waals surface area contributed by atoms with Crippen LogP contribution in [0.5, 0.6) is 0 Å². The number of hydrogen-bond donors (Lipinski definition) is 2. The van der Waals surface area contributed by atoms with E-state index in [2.05, 4.69) is 15.1 Å². The molecule has 0 spiro atoms. The Kier molecular flexibility index (Phi) is 4.10. The molecule has 1 heterocycles. The van der Waals surface area contributed by atoms with Crippen LogP contribution >= 0.6 is 0 Å². The van der Waals surface area contributed by atoms with E-state index in [0.717, 1.165) is 11.3 Å². The van der Waals surface area contributed by atoms with Gasteiger partial charge in [0, 0.05) is 31.9 Å². The summed E-state index contributed by atoms with van der Waals surface area (Å²) in [6, 6.07) is 6.79. The van der Waals surface area contributed by atoms with Gasteiger partial charge in [-0.2, -0.15) is 5.10 Å². The van der Waals surface area contributed by atoms with Gasteiger partial charge in [-0.15, -0.1) is 0 Å². The van der Waals surface area contributed by atoms with Crippen molar-refractivity contribution < 1.29 is 8.42 Å². The van der Waals surface area contributed by atoms with Crippen LogP contribution in [0, 0.1) is 6.92 Å². The number of anilines is 1. The average molecular weight is 294 g/mol. The Balaban J connectivity index is 2.22. The molecular formula is C13H18N4O2S. The Morgan fingerprint density at radius 2 is 2.00 bits per heavy atom. The molecule has 0 saturated carbocycles. The minimum absolute atomic E-state index is 0.222. The molecule has 108 valence electrons. The quantitative estimate of drug-likeness (QED) is 0.870. The van der Waals surface area contributed by atoms with Crippen molar-refractivity contribution in [3.05, 3.63) is 41.7 Å². The summed E-state index contributed by atoms with van der Waals surface area (Å²) in [4.78, 5) is 0.240. The van der Waals surface area contributed by atoms with Crippen molar-refractivity contribution in [3.63, 3.8) is 0 Å². The first-order valence-electron chi connectivity index (χ1n) is 6.19. The van der Waals surface area contributed by atoms with Crippen LogP contribution in [-0.2, 0) is 23.6 Å². The zero-order chi connectivity index (χ0) is 14.8. The molecule has 0 aliphatic rings. The van der Waals surface area contributed by atoms with Gasteiger partial charge in [0.05, 0.1) is 11.9 Å². The number of hydrogen-bond acceptors (Lipinski definition) is 4. The van der Waals surface area contributed by atoms with Gasteiger partial charge in [0.1, 0.15) is 4.90 Å². The normalized spacial score (nSPS) is 11.6. The van der Waals surface area contributed by atoms with Gasteiger partial charge in [-0.05, 0) is 19.1 Å². The molecular weight excluding hydrogens is 276 g/mol. The molecule has 2 N–H and O–H groups in total. The maximum atomic E-state index is 12.3. The fourth-order valence-corrected chi connectivity index (χ4v) is 3.09. The van der Waals surface area contributed by atoms with Gasteiger partial charge < -0.3 is 5.32 Å². The Morgan fingerprint density at radius 3 is 2.60 bits per heavy atom. The molecule has 7 heteroatoms. The highest BCUT2D eigenvalue weighted by Gasteiger charge is 2.18. The molecule has 0 fully saturated rings. The van der Waals surface area contributed by atoms with E-state index in [4.69, 9.17) is 0 Å². The van der Waals surface area contributed by atoms with Crippen molar-refractivity contribution in [2.24, 2.45) is 7.05 Å². The van der Waals surface area contributed by atoms with Crippen molar-refractivity contribution >= 4 is 15.7 Å². The molecule has 1 aromatic heterocycles. The lowest BCUT2D eigenvalue weighted by molar-refractivity contribution is 0.581. The largest absolute Gasteiger partial charge is 0.387 e. The van der Waals surface area contributed by atoms with Gasteiger partial charge >= 0.3 is 0 Å². The highest BCUT2D eigenvalue weighted by atomic mass is 32.2. The van der Waals surface area contributed by atoms with Crippen molar-refractivity contribution in [3.8, 4) is 0 Å². The molecule has 0 atom stereocenters. The lowest BCUT2D eigenvalue weighted by Gasteiger charge is -2.10. The van der Waals surface area contributed by atoms with Crippen LogP contribution in [0.15, 0.2) is 35.4 Å². The van der Waals surface area contributed by atoms with Crippen LogP contribution in [0.1, 0.15) is 11.3 Å². The number of aryl methyl sites for hydroxylation is 1. The number of rotatable bonds is 5. The molecule has 0 aliphatic heterocycles. The van der Waals surface area contributed by atoms with Crippen molar-refractivity contribution in [2.45, 2.75) is 18.4 Å². The van der Waals surface area contributed by atoms with Gasteiger partial charge in [0.15, 0.2) is 0 Å². The monoisotopic (exact) mass is 294 g/mol. The van der Waals surface area contributed by atoms with Crippen LogP contribution < -0.4 is 10.0 Å². The van der Waals surface area contributed by atoms with E-state index < -0.39 is 10.0 Å². The van der Waals surface area contributed by atoms with Gasteiger partial charge in [-0.1, -0.05) is 12.1 Å². The fraction of sp³-hybridized carbons (Fsp3) is 0.308. The van der Waals surface area contributed by atoms with Crippen molar-refractivity contribution in [2.75, 3.05) is 12.4 Å². The molecule has 20 heavy (non-hydrogen) atoms. The Bertz CT molecular complexity index is 707. The Morgan fingerprint density at radius 1 is 1.30 bits per heavy atom. The number of sulfonamides is 1. The summed E-state index contributed by atoms with van der Waals surface area (Å²) in [5, 5.41) is 6.97. The average Bonchev–Trinajstić information content (AvgIpc) is 2.76. The predicted octanol–water partition coefficient (Wildman–Crippen LogP) is 1.25. The maximum Gasteiger partial charge on any atom is 0.242 e. The van der Waals surface area contributed by atoms with E-state index in [1.54, 1.807) is 42.2 Å². The molecule has 0 aliphatic carbocycles. The zero-order valence-corrected chi connectivity index (χ0v) is 12.5. The number of benzene rings is 1. The second-order valence-corrected chi connectivity index (χ2v) is 6.18. The summed E-state index contributed by atoms with van der Waals surface area (Å²) in [5.74, 6) is 0. The second kappa shape index (κ2) is 5.64. The molecule has 2 aromatic rings. The van der Waals surface area contributed by atoms with Crippen LogP contribution in [0.3, 0.4) is 0 Å². The summed E-state index contributed by atoms with van der Waals surface area (Å²) in [5.41, 5.74) is 2.37. The SMILES string of the molecule is CNc1ccccc1S(=O)(=O)NCc1cnn(C)c1C. The molecule has 0 radical (unpaired) electrons. The van der Waals surface area contributed by atoms with Crippen molar-refractivity contribution in [1.29, 1.82) is 0 Å². The predicted molar refractivity (Wildman–Crippen MR) is 78.0 cm³/mol. The van der Waals surface area contributed by atoms with Gasteiger partial charge in [0.2, 0.25) is 10.0 Å². The molecule has 2 rings (SSSR count). The lowest BCUT2D eigenvalue weighted by atomic mass is 10.3. The van der Waals surface area contributed by atoms with Crippen LogP contribution in [0.4, 0.5) is 5.69 Å². The summed E-state index contributed by atoms with van der Waals surface area (Å²) in [6.45, 7) is 2.12. The third kappa shape index (κ3) is 2.83. The van der Waals surface area contributed by atoms with E-state index in [1.807, 2.05) is 14.0 Å². The van der Waals surface area contributed by atoms with Gasteiger partial charge in [0.25, 0.3) is 0 Å². The number of nitrogens with zero attached hydrogens (tertiary/aromatic N) is 2. The second-order valence-electron chi connectivity index (χ2n) is 4.45. The highest BCUT2D eigenvalue weighted by molar-refractivity contribution is 7.89. The van der Waals surface area contributed by atoms with Crippen LogP contribution in [-0.4, -0.2) is 25.2 Å². The molecule has 1 aromatic carbocycles. The Labute approximate surface area is 118 Å². The van der Waals surface area contributed by atoms with E-state index in [9.17, 15) is 8.42 Å².